The summed E-state index contributed by atoms with van der Waals surface area (Å²) >= 11 is 0. The molecule has 6 heteroatoms. The molecule has 0 spiro atoms. The summed E-state index contributed by atoms with van der Waals surface area (Å²) in [5, 5.41) is 7.27. The maximum atomic E-state index is 5.64. The average Bonchev–Trinajstić information content (AvgIpc) is 2.09. The largest absolute Gasteiger partial charge is 0.394 e. The predicted octanol–water partition coefficient (Wildman–Crippen LogP) is 1.67. The number of hydrogen-bond acceptors (Lipinski definition) is 3. The lowest BCUT2D eigenvalue weighted by molar-refractivity contribution is 0.762. The SMILES string of the molecule is CC(C)Nc1nn(C)cc1N.Cl.Cl. The smallest absolute Gasteiger partial charge is 0.171 e. The van der Waals surface area contributed by atoms with E-state index in [0.29, 0.717) is 11.7 Å². The van der Waals surface area contributed by atoms with E-state index < -0.39 is 0 Å². The molecule has 0 aliphatic carbocycles. The van der Waals surface area contributed by atoms with Crippen LogP contribution in [0.5, 0.6) is 0 Å². The maximum Gasteiger partial charge on any atom is 0.171 e. The summed E-state index contributed by atoms with van der Waals surface area (Å²) in [6, 6.07) is 0.368. The zero-order chi connectivity index (χ0) is 8.43. The first kappa shape index (κ1) is 14.9. The summed E-state index contributed by atoms with van der Waals surface area (Å²) in [6.07, 6.45) is 1.78. The molecule has 4 nitrogen and oxygen atoms in total. The van der Waals surface area contributed by atoms with Crippen molar-refractivity contribution in [1.29, 1.82) is 0 Å². The van der Waals surface area contributed by atoms with Gasteiger partial charge in [-0.15, -0.1) is 24.8 Å². The third kappa shape index (κ3) is 4.24. The third-order valence-corrected chi connectivity index (χ3v) is 1.28. The molecule has 0 bridgehead atoms. The van der Waals surface area contributed by atoms with Crippen molar-refractivity contribution < 1.29 is 0 Å². The van der Waals surface area contributed by atoms with E-state index in [1.807, 2.05) is 20.9 Å². The fourth-order valence-electron chi connectivity index (χ4n) is 0.892. The zero-order valence-corrected chi connectivity index (χ0v) is 9.58. The Balaban J connectivity index is 0. The fraction of sp³-hybridized carbons (Fsp3) is 0.571. The summed E-state index contributed by atoms with van der Waals surface area (Å²) < 4.78 is 1.69. The normalized spacial score (nSPS) is 8.92. The Kier molecular flexibility index (Phi) is 6.80. The van der Waals surface area contributed by atoms with Crippen LogP contribution in [0.4, 0.5) is 11.5 Å². The van der Waals surface area contributed by atoms with Crippen molar-refractivity contribution in [3.8, 4) is 0 Å². The summed E-state index contributed by atoms with van der Waals surface area (Å²) in [4.78, 5) is 0. The highest BCUT2D eigenvalue weighted by Gasteiger charge is 2.03. The molecule has 0 amide bonds. The van der Waals surface area contributed by atoms with Gasteiger partial charge in [0.25, 0.3) is 0 Å². The molecule has 0 radical (unpaired) electrons. The number of aryl methyl sites for hydroxylation is 1. The van der Waals surface area contributed by atoms with Crippen LogP contribution in [0.25, 0.3) is 0 Å². The van der Waals surface area contributed by atoms with Crippen LogP contribution in [-0.2, 0) is 7.05 Å². The molecule has 78 valence electrons. The van der Waals surface area contributed by atoms with Crippen molar-refractivity contribution in [2.75, 3.05) is 11.1 Å². The van der Waals surface area contributed by atoms with Crippen molar-refractivity contribution >= 4 is 36.3 Å². The number of rotatable bonds is 2. The Hall–Kier alpha value is -0.610. The minimum atomic E-state index is 0. The Bertz CT molecular complexity index is 247. The molecule has 0 aliphatic rings. The van der Waals surface area contributed by atoms with Gasteiger partial charge in [0.2, 0.25) is 0 Å². The van der Waals surface area contributed by atoms with E-state index in [1.165, 1.54) is 0 Å². The summed E-state index contributed by atoms with van der Waals surface area (Å²) in [5.74, 6) is 0.766. The number of anilines is 2. The molecule has 0 fully saturated rings. The zero-order valence-electron chi connectivity index (χ0n) is 7.94. The third-order valence-electron chi connectivity index (χ3n) is 1.28. The van der Waals surface area contributed by atoms with Gasteiger partial charge in [-0.05, 0) is 13.8 Å². The van der Waals surface area contributed by atoms with E-state index in [2.05, 4.69) is 10.4 Å². The van der Waals surface area contributed by atoms with E-state index in [1.54, 1.807) is 10.9 Å². The molecule has 1 rings (SSSR count). The fourth-order valence-corrected chi connectivity index (χ4v) is 0.892. The standard InChI is InChI=1S/C7H14N4.2ClH/c1-5(2)9-7-6(8)4-11(3)10-7;;/h4-5H,8H2,1-3H3,(H,9,10);2*1H. The highest BCUT2D eigenvalue weighted by Crippen LogP contribution is 2.14. The number of hydrogen-bond donors (Lipinski definition) is 2. The van der Waals surface area contributed by atoms with Gasteiger partial charge >= 0.3 is 0 Å². The summed E-state index contributed by atoms with van der Waals surface area (Å²) in [7, 11) is 1.85. The second kappa shape index (κ2) is 5.94. The molecule has 1 aromatic heterocycles. The van der Waals surface area contributed by atoms with Crippen LogP contribution < -0.4 is 11.1 Å². The number of nitrogens with two attached hydrogens (primary N) is 1. The number of nitrogen functional groups attached to an aromatic ring is 1. The van der Waals surface area contributed by atoms with Crippen molar-refractivity contribution in [3.63, 3.8) is 0 Å². The molecule has 0 atom stereocenters. The monoisotopic (exact) mass is 226 g/mol. The first-order valence-corrected chi connectivity index (χ1v) is 3.65. The van der Waals surface area contributed by atoms with Gasteiger partial charge in [0, 0.05) is 19.3 Å². The van der Waals surface area contributed by atoms with Gasteiger partial charge in [-0.1, -0.05) is 0 Å². The van der Waals surface area contributed by atoms with Gasteiger partial charge < -0.3 is 11.1 Å². The predicted molar refractivity (Wildman–Crippen MR) is 60.9 cm³/mol. The lowest BCUT2D eigenvalue weighted by Crippen LogP contribution is -2.11. The number of nitrogens with zero attached hydrogens (tertiary/aromatic N) is 2. The van der Waals surface area contributed by atoms with Crippen LogP contribution in [0, 0.1) is 0 Å². The van der Waals surface area contributed by atoms with Crippen LogP contribution in [0.15, 0.2) is 6.20 Å². The Morgan fingerprint density at radius 3 is 2.31 bits per heavy atom. The quantitative estimate of drug-likeness (QED) is 0.807. The van der Waals surface area contributed by atoms with Crippen LogP contribution in [0.3, 0.4) is 0 Å². The Morgan fingerprint density at radius 1 is 1.46 bits per heavy atom. The number of nitrogens with one attached hydrogen (secondary N) is 1. The molecule has 0 aromatic carbocycles. The van der Waals surface area contributed by atoms with Gasteiger partial charge in [0.05, 0.1) is 5.69 Å². The maximum absolute atomic E-state index is 5.64. The van der Waals surface area contributed by atoms with E-state index in [0.717, 1.165) is 5.82 Å². The molecule has 0 saturated carbocycles. The molecular formula is C7H16Cl2N4. The molecule has 1 aromatic rings. The first-order chi connectivity index (χ1) is 5.09. The lowest BCUT2D eigenvalue weighted by Gasteiger charge is -2.06. The number of halogens is 2. The van der Waals surface area contributed by atoms with Crippen LogP contribution >= 0.6 is 24.8 Å². The van der Waals surface area contributed by atoms with Crippen molar-refractivity contribution in [3.05, 3.63) is 6.20 Å². The van der Waals surface area contributed by atoms with Crippen molar-refractivity contribution in [2.24, 2.45) is 7.05 Å². The Morgan fingerprint density at radius 2 is 2.00 bits per heavy atom. The minimum Gasteiger partial charge on any atom is -0.394 e. The highest BCUT2D eigenvalue weighted by molar-refractivity contribution is 5.85. The van der Waals surface area contributed by atoms with E-state index in [9.17, 15) is 0 Å². The van der Waals surface area contributed by atoms with Gasteiger partial charge in [0.1, 0.15) is 0 Å². The minimum absolute atomic E-state index is 0. The molecule has 0 unspecified atom stereocenters. The van der Waals surface area contributed by atoms with Crippen molar-refractivity contribution in [2.45, 2.75) is 19.9 Å². The topological polar surface area (TPSA) is 55.9 Å². The van der Waals surface area contributed by atoms with Crippen LogP contribution in [0.1, 0.15) is 13.8 Å². The van der Waals surface area contributed by atoms with Gasteiger partial charge in [-0.25, -0.2) is 0 Å². The Labute approximate surface area is 90.7 Å². The van der Waals surface area contributed by atoms with Gasteiger partial charge in [0.15, 0.2) is 5.82 Å². The van der Waals surface area contributed by atoms with E-state index in [4.69, 9.17) is 5.73 Å². The van der Waals surface area contributed by atoms with Gasteiger partial charge in [-0.3, -0.25) is 4.68 Å². The average molecular weight is 227 g/mol. The molecule has 1 heterocycles. The van der Waals surface area contributed by atoms with Crippen LogP contribution in [-0.4, -0.2) is 15.8 Å². The second-order valence-corrected chi connectivity index (χ2v) is 2.91. The first-order valence-electron chi connectivity index (χ1n) is 3.65. The summed E-state index contributed by atoms with van der Waals surface area (Å²) in [6.45, 7) is 4.10. The molecule has 13 heavy (non-hydrogen) atoms. The second-order valence-electron chi connectivity index (χ2n) is 2.91. The molecular weight excluding hydrogens is 211 g/mol. The molecule has 0 saturated heterocycles. The van der Waals surface area contributed by atoms with Crippen molar-refractivity contribution in [1.82, 2.24) is 9.78 Å². The number of aromatic nitrogens is 2. The van der Waals surface area contributed by atoms with Gasteiger partial charge in [-0.2, -0.15) is 5.10 Å². The molecule has 0 aliphatic heterocycles. The van der Waals surface area contributed by atoms with E-state index >= 15 is 0 Å². The highest BCUT2D eigenvalue weighted by atomic mass is 35.5. The van der Waals surface area contributed by atoms with E-state index in [-0.39, 0.29) is 24.8 Å². The van der Waals surface area contributed by atoms with Crippen LogP contribution in [0.2, 0.25) is 0 Å². The molecule has 3 N–H and O–H groups in total. The summed E-state index contributed by atoms with van der Waals surface area (Å²) in [5.41, 5.74) is 6.34. The lowest BCUT2D eigenvalue weighted by atomic mass is 10.4.